The Hall–Kier alpha value is -0.770. The van der Waals surface area contributed by atoms with Gasteiger partial charge in [-0.2, -0.15) is 0 Å². The maximum Gasteiger partial charge on any atom is 0.185 e. The zero-order valence-corrected chi connectivity index (χ0v) is 7.09. The van der Waals surface area contributed by atoms with Crippen LogP contribution in [0.4, 0.5) is 0 Å². The highest BCUT2D eigenvalue weighted by atomic mass is 15.0. The van der Waals surface area contributed by atoms with Gasteiger partial charge in [0.2, 0.25) is 0 Å². The van der Waals surface area contributed by atoms with Gasteiger partial charge < -0.3 is 17.2 Å². The Bertz CT molecular complexity index is 112. The van der Waals surface area contributed by atoms with Gasteiger partial charge in [-0.15, -0.1) is 0 Å². The van der Waals surface area contributed by atoms with E-state index >= 15 is 0 Å². The van der Waals surface area contributed by atoms with Crippen molar-refractivity contribution in [3.05, 3.63) is 0 Å². The van der Waals surface area contributed by atoms with Crippen molar-refractivity contribution in [3.63, 3.8) is 0 Å². The number of nitrogens with two attached hydrogens (primary N) is 3. The zero-order valence-electron chi connectivity index (χ0n) is 7.09. The molecule has 0 aromatic heterocycles. The van der Waals surface area contributed by atoms with E-state index in [1.54, 1.807) is 0 Å². The van der Waals surface area contributed by atoms with Crippen LogP contribution in [0, 0.1) is 0 Å². The van der Waals surface area contributed by atoms with E-state index < -0.39 is 0 Å². The number of rotatable bonds is 0. The zero-order chi connectivity index (χ0) is 8.69. The topological polar surface area (TPSA) is 90.4 Å². The normalized spacial score (nSPS) is 16.9. The maximum absolute atomic E-state index is 5.53. The Balaban J connectivity index is 0.000000187. The minimum atomic E-state index is 0.130. The summed E-state index contributed by atoms with van der Waals surface area (Å²) in [6.07, 6.45) is 5.25. The molecule has 1 fully saturated rings. The molecule has 0 aliphatic heterocycles. The number of guanidine groups is 1. The van der Waals surface area contributed by atoms with Crippen LogP contribution in [0.1, 0.15) is 25.7 Å². The maximum atomic E-state index is 5.53. The lowest BCUT2D eigenvalue weighted by Gasteiger charge is -1.92. The summed E-state index contributed by atoms with van der Waals surface area (Å²) in [7, 11) is 1.54. The van der Waals surface area contributed by atoms with Crippen LogP contribution in [-0.2, 0) is 0 Å². The average molecular weight is 158 g/mol. The first-order valence-electron chi connectivity index (χ1n) is 3.90. The summed E-state index contributed by atoms with van der Waals surface area (Å²) in [4.78, 5) is 3.36. The van der Waals surface area contributed by atoms with Crippen LogP contribution in [0.15, 0.2) is 4.99 Å². The van der Waals surface area contributed by atoms with Gasteiger partial charge in [-0.25, -0.2) is 0 Å². The molecule has 1 rings (SSSR count). The Labute approximate surface area is 67.8 Å². The SMILES string of the molecule is CN=C(N)N.NC1CCCC1. The predicted molar refractivity (Wildman–Crippen MR) is 48.2 cm³/mol. The Kier molecular flexibility index (Phi) is 5.56. The summed E-state index contributed by atoms with van der Waals surface area (Å²) in [5, 5.41) is 0. The summed E-state index contributed by atoms with van der Waals surface area (Å²) >= 11 is 0. The van der Waals surface area contributed by atoms with Crippen molar-refractivity contribution >= 4 is 5.96 Å². The van der Waals surface area contributed by atoms with Crippen molar-refractivity contribution in [2.75, 3.05) is 7.05 Å². The van der Waals surface area contributed by atoms with Crippen LogP contribution < -0.4 is 17.2 Å². The molecule has 0 aromatic rings. The molecule has 0 unspecified atom stereocenters. The Morgan fingerprint density at radius 2 is 1.64 bits per heavy atom. The fraction of sp³-hybridized carbons (Fsp3) is 0.857. The van der Waals surface area contributed by atoms with Crippen molar-refractivity contribution in [2.24, 2.45) is 22.2 Å². The van der Waals surface area contributed by atoms with Gasteiger partial charge in [-0.05, 0) is 12.8 Å². The molecule has 0 atom stereocenters. The third kappa shape index (κ3) is 7.12. The second-order valence-corrected chi connectivity index (χ2v) is 2.69. The summed E-state index contributed by atoms with van der Waals surface area (Å²) in [5.41, 5.74) is 15.2. The highest BCUT2D eigenvalue weighted by Gasteiger charge is 2.07. The highest BCUT2D eigenvalue weighted by molar-refractivity contribution is 5.75. The quantitative estimate of drug-likeness (QED) is 0.336. The lowest BCUT2D eigenvalue weighted by Crippen LogP contribution is -2.21. The van der Waals surface area contributed by atoms with Gasteiger partial charge >= 0.3 is 0 Å². The first-order valence-corrected chi connectivity index (χ1v) is 3.90. The van der Waals surface area contributed by atoms with E-state index in [1.807, 2.05) is 0 Å². The van der Waals surface area contributed by atoms with E-state index in [0.29, 0.717) is 6.04 Å². The summed E-state index contributed by atoms with van der Waals surface area (Å²) in [5.74, 6) is 0.130. The van der Waals surface area contributed by atoms with Gasteiger partial charge in [0.15, 0.2) is 5.96 Å². The minimum Gasteiger partial charge on any atom is -0.370 e. The molecule has 0 spiro atoms. The van der Waals surface area contributed by atoms with Crippen LogP contribution in [0.3, 0.4) is 0 Å². The second-order valence-electron chi connectivity index (χ2n) is 2.69. The number of hydrogen-bond donors (Lipinski definition) is 3. The van der Waals surface area contributed by atoms with Crippen LogP contribution in [0.2, 0.25) is 0 Å². The van der Waals surface area contributed by atoms with Gasteiger partial charge in [0.1, 0.15) is 0 Å². The van der Waals surface area contributed by atoms with Crippen LogP contribution >= 0.6 is 0 Å². The van der Waals surface area contributed by atoms with Gasteiger partial charge in [0.05, 0.1) is 0 Å². The van der Waals surface area contributed by atoms with Gasteiger partial charge in [-0.1, -0.05) is 12.8 Å². The molecule has 11 heavy (non-hydrogen) atoms. The number of aliphatic imine (C=N–C) groups is 1. The predicted octanol–water partition coefficient (Wildman–Crippen LogP) is -0.223. The Morgan fingerprint density at radius 3 is 1.73 bits per heavy atom. The first kappa shape index (κ1) is 10.2. The molecule has 0 radical (unpaired) electrons. The van der Waals surface area contributed by atoms with Crippen LogP contribution in [-0.4, -0.2) is 19.0 Å². The molecule has 4 nitrogen and oxygen atoms in total. The molecule has 0 heterocycles. The lowest BCUT2D eigenvalue weighted by atomic mass is 10.3. The second kappa shape index (κ2) is 5.97. The molecular weight excluding hydrogens is 140 g/mol. The monoisotopic (exact) mass is 158 g/mol. The largest absolute Gasteiger partial charge is 0.370 e. The molecule has 0 aromatic carbocycles. The van der Waals surface area contributed by atoms with Crippen LogP contribution in [0.25, 0.3) is 0 Å². The van der Waals surface area contributed by atoms with E-state index in [4.69, 9.17) is 17.2 Å². The molecule has 1 aliphatic rings. The first-order chi connectivity index (χ1) is 5.16. The minimum absolute atomic E-state index is 0.130. The molecule has 6 N–H and O–H groups in total. The van der Waals surface area contributed by atoms with E-state index in [1.165, 1.54) is 32.7 Å². The summed E-state index contributed by atoms with van der Waals surface area (Å²) in [6.45, 7) is 0. The lowest BCUT2D eigenvalue weighted by molar-refractivity contribution is 0.704. The molecule has 1 aliphatic carbocycles. The number of nitrogens with zero attached hydrogens (tertiary/aromatic N) is 1. The van der Waals surface area contributed by atoms with Gasteiger partial charge in [0.25, 0.3) is 0 Å². The van der Waals surface area contributed by atoms with Gasteiger partial charge in [0, 0.05) is 13.1 Å². The molecule has 0 amide bonds. The van der Waals surface area contributed by atoms with Crippen molar-refractivity contribution in [1.82, 2.24) is 0 Å². The molecule has 4 heteroatoms. The Morgan fingerprint density at radius 1 is 1.27 bits per heavy atom. The molecule has 1 saturated carbocycles. The standard InChI is InChI=1S/C5H11N.C2H7N3/c6-5-3-1-2-4-5;1-5-2(3)4/h5H,1-4,6H2;1H3,(H4,3,4,5). The van der Waals surface area contributed by atoms with E-state index in [2.05, 4.69) is 4.99 Å². The van der Waals surface area contributed by atoms with Crippen molar-refractivity contribution < 1.29 is 0 Å². The summed E-state index contributed by atoms with van der Waals surface area (Å²) < 4.78 is 0. The van der Waals surface area contributed by atoms with Crippen LogP contribution in [0.5, 0.6) is 0 Å². The van der Waals surface area contributed by atoms with E-state index in [-0.39, 0.29) is 5.96 Å². The highest BCUT2D eigenvalue weighted by Crippen LogP contribution is 2.14. The molecule has 0 bridgehead atoms. The average Bonchev–Trinajstić information content (AvgIpc) is 2.41. The molecular formula is C7H18N4. The van der Waals surface area contributed by atoms with Crippen molar-refractivity contribution in [2.45, 2.75) is 31.7 Å². The third-order valence-electron chi connectivity index (χ3n) is 1.66. The molecule has 0 saturated heterocycles. The third-order valence-corrected chi connectivity index (χ3v) is 1.66. The van der Waals surface area contributed by atoms with Gasteiger partial charge in [-0.3, -0.25) is 4.99 Å². The van der Waals surface area contributed by atoms with E-state index in [0.717, 1.165) is 0 Å². The number of hydrogen-bond acceptors (Lipinski definition) is 2. The summed E-state index contributed by atoms with van der Waals surface area (Å²) in [6, 6.07) is 0.546. The molecule has 66 valence electrons. The van der Waals surface area contributed by atoms with Crippen molar-refractivity contribution in [1.29, 1.82) is 0 Å². The fourth-order valence-corrected chi connectivity index (χ4v) is 0.957. The van der Waals surface area contributed by atoms with E-state index in [9.17, 15) is 0 Å². The smallest absolute Gasteiger partial charge is 0.185 e. The van der Waals surface area contributed by atoms with Crippen molar-refractivity contribution in [3.8, 4) is 0 Å². The fourth-order valence-electron chi connectivity index (χ4n) is 0.957.